The highest BCUT2D eigenvalue weighted by Crippen LogP contribution is 2.44. The smallest absolute Gasteiger partial charge is 0.0197 e. The predicted octanol–water partition coefficient (Wildman–Crippen LogP) is 1.60. The Kier molecular flexibility index (Phi) is 1.97. The van der Waals surface area contributed by atoms with Crippen molar-refractivity contribution in [1.82, 2.24) is 4.90 Å². The van der Waals surface area contributed by atoms with Crippen LogP contribution in [0.15, 0.2) is 0 Å². The Hall–Kier alpha value is -0.0800. The third-order valence-electron chi connectivity index (χ3n) is 3.78. The van der Waals surface area contributed by atoms with Gasteiger partial charge in [0, 0.05) is 17.6 Å². The molecule has 1 unspecified atom stereocenters. The lowest BCUT2D eigenvalue weighted by atomic mass is 9.97. The van der Waals surface area contributed by atoms with Crippen LogP contribution >= 0.6 is 0 Å². The standard InChI is InChI=1S/C11H22N2/c1-10(2,3)13-7-4-9(8-13)11(12)5-6-11/h9H,4-8,12H2,1-3H3. The van der Waals surface area contributed by atoms with Crippen LogP contribution in [0.1, 0.15) is 40.0 Å². The van der Waals surface area contributed by atoms with Crippen LogP contribution in [-0.4, -0.2) is 29.1 Å². The van der Waals surface area contributed by atoms with E-state index in [-0.39, 0.29) is 5.54 Å². The van der Waals surface area contributed by atoms with Gasteiger partial charge >= 0.3 is 0 Å². The Labute approximate surface area is 81.5 Å². The highest BCUT2D eigenvalue weighted by Gasteiger charge is 2.48. The fourth-order valence-electron chi connectivity index (χ4n) is 2.39. The highest BCUT2D eigenvalue weighted by atomic mass is 15.2. The van der Waals surface area contributed by atoms with E-state index in [1.807, 2.05) is 0 Å². The average Bonchev–Trinajstić information content (AvgIpc) is 2.60. The molecule has 2 aliphatic rings. The summed E-state index contributed by atoms with van der Waals surface area (Å²) in [5.74, 6) is 0.770. The van der Waals surface area contributed by atoms with E-state index in [4.69, 9.17) is 5.73 Å². The van der Waals surface area contributed by atoms with E-state index in [0.717, 1.165) is 5.92 Å². The van der Waals surface area contributed by atoms with Crippen molar-refractivity contribution in [2.75, 3.05) is 13.1 Å². The van der Waals surface area contributed by atoms with Gasteiger partial charge in [-0.25, -0.2) is 0 Å². The van der Waals surface area contributed by atoms with Crippen LogP contribution in [0.25, 0.3) is 0 Å². The monoisotopic (exact) mass is 182 g/mol. The van der Waals surface area contributed by atoms with Crippen molar-refractivity contribution in [2.45, 2.75) is 51.1 Å². The Morgan fingerprint density at radius 2 is 1.92 bits per heavy atom. The Bertz CT molecular complexity index is 189. The summed E-state index contributed by atoms with van der Waals surface area (Å²) in [4.78, 5) is 2.57. The first-order chi connectivity index (χ1) is 5.92. The third kappa shape index (κ3) is 1.75. The topological polar surface area (TPSA) is 29.3 Å². The minimum absolute atomic E-state index is 0.236. The van der Waals surface area contributed by atoms with Crippen molar-refractivity contribution in [3.63, 3.8) is 0 Å². The van der Waals surface area contributed by atoms with Gasteiger partial charge in [-0.3, -0.25) is 4.90 Å². The van der Waals surface area contributed by atoms with Gasteiger partial charge in [0.05, 0.1) is 0 Å². The predicted molar refractivity (Wildman–Crippen MR) is 55.6 cm³/mol. The zero-order valence-corrected chi connectivity index (χ0v) is 9.14. The number of nitrogens with two attached hydrogens (primary N) is 1. The van der Waals surface area contributed by atoms with Gasteiger partial charge in [0.15, 0.2) is 0 Å². The quantitative estimate of drug-likeness (QED) is 0.667. The molecule has 0 spiro atoms. The SMILES string of the molecule is CC(C)(C)N1CCC(C2(N)CC2)C1. The molecule has 1 aliphatic heterocycles. The number of hydrogen-bond acceptors (Lipinski definition) is 2. The van der Waals surface area contributed by atoms with Crippen molar-refractivity contribution in [2.24, 2.45) is 11.7 Å². The number of hydrogen-bond donors (Lipinski definition) is 1. The van der Waals surface area contributed by atoms with Crippen LogP contribution in [-0.2, 0) is 0 Å². The minimum atomic E-state index is 0.236. The molecule has 2 N–H and O–H groups in total. The molecule has 0 radical (unpaired) electrons. The molecule has 76 valence electrons. The van der Waals surface area contributed by atoms with Crippen molar-refractivity contribution in [3.8, 4) is 0 Å². The van der Waals surface area contributed by atoms with E-state index in [0.29, 0.717) is 5.54 Å². The normalized spacial score (nSPS) is 33.7. The second-order valence-electron chi connectivity index (χ2n) is 5.84. The zero-order valence-electron chi connectivity index (χ0n) is 9.14. The summed E-state index contributed by atoms with van der Waals surface area (Å²) in [7, 11) is 0. The number of nitrogens with zero attached hydrogens (tertiary/aromatic N) is 1. The molecule has 2 heteroatoms. The van der Waals surface area contributed by atoms with E-state index in [2.05, 4.69) is 25.7 Å². The molecule has 2 rings (SSSR count). The van der Waals surface area contributed by atoms with E-state index in [1.54, 1.807) is 0 Å². The molecule has 0 bridgehead atoms. The molecule has 0 aromatic rings. The van der Waals surface area contributed by atoms with Gasteiger partial charge in [-0.1, -0.05) is 0 Å². The van der Waals surface area contributed by atoms with Crippen LogP contribution < -0.4 is 5.73 Å². The van der Waals surface area contributed by atoms with Gasteiger partial charge in [-0.15, -0.1) is 0 Å². The molecule has 0 amide bonds. The minimum Gasteiger partial charge on any atom is -0.325 e. The van der Waals surface area contributed by atoms with E-state index >= 15 is 0 Å². The van der Waals surface area contributed by atoms with Crippen LogP contribution in [0, 0.1) is 5.92 Å². The summed E-state index contributed by atoms with van der Waals surface area (Å²) in [5, 5.41) is 0. The maximum atomic E-state index is 6.23. The summed E-state index contributed by atoms with van der Waals surface area (Å²) in [5.41, 5.74) is 6.80. The second-order valence-corrected chi connectivity index (χ2v) is 5.84. The number of rotatable bonds is 1. The molecule has 13 heavy (non-hydrogen) atoms. The molecule has 1 aliphatic carbocycles. The van der Waals surface area contributed by atoms with E-state index in [9.17, 15) is 0 Å². The zero-order chi connectivity index (χ0) is 9.69. The van der Waals surface area contributed by atoms with Gasteiger partial charge < -0.3 is 5.73 Å². The molecular weight excluding hydrogens is 160 g/mol. The summed E-state index contributed by atoms with van der Waals surface area (Å²) >= 11 is 0. The summed E-state index contributed by atoms with van der Waals surface area (Å²) in [6, 6.07) is 0. The van der Waals surface area contributed by atoms with Crippen LogP contribution in [0.4, 0.5) is 0 Å². The lowest BCUT2D eigenvalue weighted by molar-refractivity contribution is 0.164. The maximum Gasteiger partial charge on any atom is 0.0197 e. The summed E-state index contributed by atoms with van der Waals surface area (Å²) in [6.45, 7) is 9.36. The molecule has 1 atom stereocenters. The first-order valence-corrected chi connectivity index (χ1v) is 5.46. The highest BCUT2D eigenvalue weighted by molar-refractivity contribution is 5.07. The molecule has 1 heterocycles. The lowest BCUT2D eigenvalue weighted by Crippen LogP contribution is -2.41. The Morgan fingerprint density at radius 3 is 2.31 bits per heavy atom. The molecular formula is C11H22N2. The average molecular weight is 182 g/mol. The van der Waals surface area contributed by atoms with E-state index in [1.165, 1.54) is 32.4 Å². The van der Waals surface area contributed by atoms with Crippen LogP contribution in [0.2, 0.25) is 0 Å². The first kappa shape index (κ1) is 9.47. The fraction of sp³-hybridized carbons (Fsp3) is 1.00. The molecule has 1 saturated carbocycles. The van der Waals surface area contributed by atoms with Gasteiger partial charge in [0.25, 0.3) is 0 Å². The first-order valence-electron chi connectivity index (χ1n) is 5.46. The molecule has 0 aromatic carbocycles. The maximum absolute atomic E-state index is 6.23. The Morgan fingerprint density at radius 1 is 1.31 bits per heavy atom. The molecule has 0 aromatic heterocycles. The van der Waals surface area contributed by atoms with Gasteiger partial charge in [-0.05, 0) is 52.5 Å². The molecule has 2 nitrogen and oxygen atoms in total. The van der Waals surface area contributed by atoms with Crippen LogP contribution in [0.3, 0.4) is 0 Å². The summed E-state index contributed by atoms with van der Waals surface area (Å²) in [6.07, 6.45) is 3.83. The fourth-order valence-corrected chi connectivity index (χ4v) is 2.39. The van der Waals surface area contributed by atoms with Crippen molar-refractivity contribution in [1.29, 1.82) is 0 Å². The van der Waals surface area contributed by atoms with Gasteiger partial charge in [0.1, 0.15) is 0 Å². The van der Waals surface area contributed by atoms with Gasteiger partial charge in [0.2, 0.25) is 0 Å². The van der Waals surface area contributed by atoms with Crippen molar-refractivity contribution < 1.29 is 0 Å². The van der Waals surface area contributed by atoms with Gasteiger partial charge in [-0.2, -0.15) is 0 Å². The third-order valence-corrected chi connectivity index (χ3v) is 3.78. The van der Waals surface area contributed by atoms with Crippen molar-refractivity contribution in [3.05, 3.63) is 0 Å². The summed E-state index contributed by atoms with van der Waals surface area (Å²) < 4.78 is 0. The van der Waals surface area contributed by atoms with Crippen molar-refractivity contribution >= 4 is 0 Å². The van der Waals surface area contributed by atoms with E-state index < -0.39 is 0 Å². The molecule has 1 saturated heterocycles. The second kappa shape index (κ2) is 2.71. The largest absolute Gasteiger partial charge is 0.325 e. The number of likely N-dealkylation sites (tertiary alicyclic amines) is 1. The van der Waals surface area contributed by atoms with Crippen LogP contribution in [0.5, 0.6) is 0 Å². The Balaban J connectivity index is 1.94. The molecule has 2 fully saturated rings. The lowest BCUT2D eigenvalue weighted by Gasteiger charge is -2.32.